The third-order valence-electron chi connectivity index (χ3n) is 3.04. The first-order chi connectivity index (χ1) is 10.7. The molecule has 22 heavy (non-hydrogen) atoms. The number of amides is 1. The molecule has 5 heteroatoms. The molecule has 0 saturated heterocycles. The van der Waals surface area contributed by atoms with Crippen molar-refractivity contribution in [3.8, 4) is 11.5 Å². The molecule has 0 unspecified atom stereocenters. The van der Waals surface area contributed by atoms with E-state index in [4.69, 9.17) is 15.2 Å². The van der Waals surface area contributed by atoms with Crippen molar-refractivity contribution < 1.29 is 18.7 Å². The Morgan fingerprint density at radius 2 is 1.59 bits per heavy atom. The molecule has 0 bridgehead atoms. The molecule has 2 rings (SSSR count). The van der Waals surface area contributed by atoms with Crippen molar-refractivity contribution in [3.63, 3.8) is 0 Å². The van der Waals surface area contributed by atoms with E-state index in [1.807, 2.05) is 0 Å². The lowest BCUT2D eigenvalue weighted by Gasteiger charge is -2.08. The minimum atomic E-state index is -0.461. The number of unbranched alkanes of at least 4 members (excludes halogenated alkanes) is 1. The first-order valence-corrected chi connectivity index (χ1v) is 7.07. The van der Waals surface area contributed by atoms with Crippen molar-refractivity contribution in [3.05, 3.63) is 59.9 Å². The molecule has 1 amide bonds. The van der Waals surface area contributed by atoms with Crippen LogP contribution in [-0.4, -0.2) is 19.1 Å². The maximum atomic E-state index is 13.3. The van der Waals surface area contributed by atoms with Crippen molar-refractivity contribution in [1.29, 1.82) is 0 Å². The fourth-order valence-electron chi connectivity index (χ4n) is 1.85. The quantitative estimate of drug-likeness (QED) is 0.762. The molecule has 2 N–H and O–H groups in total. The van der Waals surface area contributed by atoms with Crippen molar-refractivity contribution in [2.24, 2.45) is 5.73 Å². The number of primary amides is 1. The fourth-order valence-corrected chi connectivity index (χ4v) is 1.85. The number of benzene rings is 2. The van der Waals surface area contributed by atoms with E-state index in [-0.39, 0.29) is 11.6 Å². The Balaban J connectivity index is 1.63. The molecule has 0 fully saturated rings. The molecule has 2 aromatic carbocycles. The first kappa shape index (κ1) is 15.8. The summed E-state index contributed by atoms with van der Waals surface area (Å²) in [5.41, 5.74) is 5.61. The van der Waals surface area contributed by atoms with E-state index in [1.165, 1.54) is 6.07 Å². The zero-order chi connectivity index (χ0) is 15.8. The van der Waals surface area contributed by atoms with Gasteiger partial charge in [-0.2, -0.15) is 0 Å². The second kappa shape index (κ2) is 8.02. The SMILES string of the molecule is NC(=O)c1ccc(OCCCCOc2ccccc2F)cc1. The first-order valence-electron chi connectivity index (χ1n) is 7.07. The lowest BCUT2D eigenvalue weighted by molar-refractivity contribution is 0.1000. The number of hydrogen-bond donors (Lipinski definition) is 1. The Hall–Kier alpha value is -2.56. The van der Waals surface area contributed by atoms with Crippen molar-refractivity contribution in [1.82, 2.24) is 0 Å². The summed E-state index contributed by atoms with van der Waals surface area (Å²) in [6, 6.07) is 13.0. The molecule has 2 aromatic rings. The molecule has 0 saturated carbocycles. The van der Waals surface area contributed by atoms with Crippen LogP contribution in [0, 0.1) is 5.82 Å². The second-order valence-corrected chi connectivity index (χ2v) is 4.72. The van der Waals surface area contributed by atoms with Gasteiger partial charge in [0.05, 0.1) is 13.2 Å². The van der Waals surface area contributed by atoms with Crippen LogP contribution in [0.1, 0.15) is 23.2 Å². The molecule has 0 aliphatic carbocycles. The number of hydrogen-bond acceptors (Lipinski definition) is 3. The molecule has 0 aliphatic rings. The lowest BCUT2D eigenvalue weighted by atomic mass is 10.2. The molecular weight excluding hydrogens is 285 g/mol. The number of rotatable bonds is 8. The van der Waals surface area contributed by atoms with Crippen molar-refractivity contribution >= 4 is 5.91 Å². The summed E-state index contributed by atoms with van der Waals surface area (Å²) in [6.07, 6.45) is 1.54. The summed E-state index contributed by atoms with van der Waals surface area (Å²) in [6.45, 7) is 0.960. The number of ether oxygens (including phenoxy) is 2. The van der Waals surface area contributed by atoms with Gasteiger partial charge in [-0.1, -0.05) is 12.1 Å². The summed E-state index contributed by atoms with van der Waals surface area (Å²) in [4.78, 5) is 10.9. The van der Waals surface area contributed by atoms with Crippen LogP contribution in [-0.2, 0) is 0 Å². The zero-order valence-electron chi connectivity index (χ0n) is 12.1. The number of carbonyl (C=O) groups excluding carboxylic acids is 1. The van der Waals surface area contributed by atoms with Crippen LogP contribution < -0.4 is 15.2 Å². The maximum Gasteiger partial charge on any atom is 0.248 e. The van der Waals surface area contributed by atoms with Gasteiger partial charge in [-0.3, -0.25) is 4.79 Å². The van der Waals surface area contributed by atoms with Gasteiger partial charge >= 0.3 is 0 Å². The summed E-state index contributed by atoms with van der Waals surface area (Å²) < 4.78 is 24.2. The Kier molecular flexibility index (Phi) is 5.77. The lowest BCUT2D eigenvalue weighted by Crippen LogP contribution is -2.10. The average Bonchev–Trinajstić information content (AvgIpc) is 2.53. The third-order valence-corrected chi connectivity index (χ3v) is 3.04. The number of nitrogens with two attached hydrogens (primary N) is 1. The van der Waals surface area contributed by atoms with E-state index < -0.39 is 5.91 Å². The van der Waals surface area contributed by atoms with Crippen LogP contribution in [0.25, 0.3) is 0 Å². The monoisotopic (exact) mass is 303 g/mol. The van der Waals surface area contributed by atoms with Crippen molar-refractivity contribution in [2.45, 2.75) is 12.8 Å². The zero-order valence-corrected chi connectivity index (χ0v) is 12.1. The van der Waals surface area contributed by atoms with Crippen molar-refractivity contribution in [2.75, 3.05) is 13.2 Å². The van der Waals surface area contributed by atoms with Gasteiger partial charge in [0, 0.05) is 5.56 Å². The molecule has 0 aromatic heterocycles. The second-order valence-electron chi connectivity index (χ2n) is 4.72. The Bertz CT molecular complexity index is 614. The third kappa shape index (κ3) is 4.77. The van der Waals surface area contributed by atoms with Crippen LogP contribution in [0.2, 0.25) is 0 Å². The summed E-state index contributed by atoms with van der Waals surface area (Å²) in [5, 5.41) is 0. The largest absolute Gasteiger partial charge is 0.494 e. The van der Waals surface area contributed by atoms with Gasteiger partial charge in [-0.05, 0) is 49.2 Å². The van der Waals surface area contributed by atoms with Crippen LogP contribution in [0.3, 0.4) is 0 Å². The van der Waals surface area contributed by atoms with E-state index in [9.17, 15) is 9.18 Å². The standard InChI is InChI=1S/C17H18FNO3/c18-15-5-1-2-6-16(15)22-12-4-3-11-21-14-9-7-13(8-10-14)17(19)20/h1-2,5-10H,3-4,11-12H2,(H2,19,20). The molecule has 116 valence electrons. The predicted octanol–water partition coefficient (Wildman–Crippen LogP) is 3.16. The molecule has 0 atom stereocenters. The highest BCUT2D eigenvalue weighted by atomic mass is 19.1. The van der Waals surface area contributed by atoms with Gasteiger partial charge in [0.25, 0.3) is 0 Å². The smallest absolute Gasteiger partial charge is 0.248 e. The molecule has 4 nitrogen and oxygen atoms in total. The highest BCUT2D eigenvalue weighted by Crippen LogP contribution is 2.16. The highest BCUT2D eigenvalue weighted by Gasteiger charge is 2.02. The number of carbonyl (C=O) groups is 1. The predicted molar refractivity (Wildman–Crippen MR) is 81.6 cm³/mol. The van der Waals surface area contributed by atoms with Crippen LogP contribution in [0.4, 0.5) is 4.39 Å². The summed E-state index contributed by atoms with van der Waals surface area (Å²) >= 11 is 0. The average molecular weight is 303 g/mol. The summed E-state index contributed by atoms with van der Waals surface area (Å²) in [7, 11) is 0. The minimum Gasteiger partial charge on any atom is -0.494 e. The number of halogens is 1. The Labute approximate surface area is 128 Å². The molecule has 0 heterocycles. The van der Waals surface area contributed by atoms with Gasteiger partial charge in [0.2, 0.25) is 5.91 Å². The van der Waals surface area contributed by atoms with Crippen LogP contribution in [0.15, 0.2) is 48.5 Å². The summed E-state index contributed by atoms with van der Waals surface area (Å²) in [5.74, 6) is 0.135. The van der Waals surface area contributed by atoms with E-state index >= 15 is 0 Å². The van der Waals surface area contributed by atoms with Gasteiger partial charge in [-0.25, -0.2) is 4.39 Å². The van der Waals surface area contributed by atoms with E-state index in [0.717, 1.165) is 12.8 Å². The van der Waals surface area contributed by atoms with E-state index in [0.29, 0.717) is 24.5 Å². The minimum absolute atomic E-state index is 0.269. The fraction of sp³-hybridized carbons (Fsp3) is 0.235. The topological polar surface area (TPSA) is 61.6 Å². The molecular formula is C17H18FNO3. The molecule has 0 spiro atoms. The van der Waals surface area contributed by atoms with Crippen LogP contribution >= 0.6 is 0 Å². The normalized spacial score (nSPS) is 10.2. The molecule has 0 aliphatic heterocycles. The van der Waals surface area contributed by atoms with E-state index in [1.54, 1.807) is 42.5 Å². The van der Waals surface area contributed by atoms with Gasteiger partial charge in [0.1, 0.15) is 5.75 Å². The highest BCUT2D eigenvalue weighted by molar-refractivity contribution is 5.92. The van der Waals surface area contributed by atoms with Gasteiger partial charge in [-0.15, -0.1) is 0 Å². The van der Waals surface area contributed by atoms with Gasteiger partial charge < -0.3 is 15.2 Å². The van der Waals surface area contributed by atoms with Gasteiger partial charge in [0.15, 0.2) is 11.6 Å². The maximum absolute atomic E-state index is 13.3. The Morgan fingerprint density at radius 3 is 2.23 bits per heavy atom. The Morgan fingerprint density at radius 1 is 0.955 bits per heavy atom. The number of para-hydroxylation sites is 1. The van der Waals surface area contributed by atoms with Crippen LogP contribution in [0.5, 0.6) is 11.5 Å². The van der Waals surface area contributed by atoms with E-state index in [2.05, 4.69) is 0 Å². The molecule has 0 radical (unpaired) electrons.